The average molecular weight is 342 g/mol. The Morgan fingerprint density at radius 1 is 1.38 bits per heavy atom. The quantitative estimate of drug-likeness (QED) is 0.792. The molecule has 1 N–H and O–H groups in total. The minimum absolute atomic E-state index is 0.205. The molecule has 0 aromatic carbocycles. The van der Waals surface area contributed by atoms with Crippen molar-refractivity contribution in [2.75, 3.05) is 6.54 Å². The predicted molar refractivity (Wildman–Crippen MR) is 95.2 cm³/mol. The molecule has 0 unspecified atom stereocenters. The molecule has 3 aromatic heterocycles. The number of aryl methyl sites for hydroxylation is 2. The second kappa shape index (κ2) is 6.14. The monoisotopic (exact) mass is 342 g/mol. The Bertz CT molecular complexity index is 815. The summed E-state index contributed by atoms with van der Waals surface area (Å²) in [5, 5.41) is 9.30. The lowest BCUT2D eigenvalue weighted by molar-refractivity contribution is 0.476. The Morgan fingerprint density at radius 2 is 2.25 bits per heavy atom. The maximum absolute atomic E-state index is 4.77. The molecule has 1 atom stereocenters. The van der Waals surface area contributed by atoms with Crippen LogP contribution < -0.4 is 5.32 Å². The lowest BCUT2D eigenvalue weighted by atomic mass is 10.2. The van der Waals surface area contributed by atoms with Crippen LogP contribution in [0, 0.1) is 13.8 Å². The van der Waals surface area contributed by atoms with Gasteiger partial charge in [-0.1, -0.05) is 6.92 Å². The van der Waals surface area contributed by atoms with Crippen molar-refractivity contribution in [2.24, 2.45) is 0 Å². The van der Waals surface area contributed by atoms with E-state index in [1.807, 2.05) is 12.4 Å². The number of hydrogen-bond donors (Lipinski definition) is 1. The minimum Gasteiger partial charge on any atom is -0.320 e. The minimum atomic E-state index is 0.205. The van der Waals surface area contributed by atoms with Gasteiger partial charge in [0.2, 0.25) is 0 Å². The Balaban J connectivity index is 1.74. The van der Waals surface area contributed by atoms with E-state index in [1.54, 1.807) is 11.3 Å². The van der Waals surface area contributed by atoms with Crippen LogP contribution in [0.15, 0.2) is 18.5 Å². The van der Waals surface area contributed by atoms with Crippen LogP contribution in [0.1, 0.15) is 40.7 Å². The molecule has 7 heteroatoms. The molecule has 6 nitrogen and oxygen atoms in total. The maximum Gasteiger partial charge on any atom is 0.161 e. The van der Waals surface area contributed by atoms with Crippen molar-refractivity contribution in [3.8, 4) is 11.5 Å². The fourth-order valence-corrected chi connectivity index (χ4v) is 4.30. The van der Waals surface area contributed by atoms with Crippen molar-refractivity contribution in [1.29, 1.82) is 0 Å². The van der Waals surface area contributed by atoms with Gasteiger partial charge in [0.05, 0.1) is 24.0 Å². The molecule has 4 rings (SSSR count). The van der Waals surface area contributed by atoms with Crippen LogP contribution in [0.5, 0.6) is 0 Å². The molecular formula is C17H22N6S. The molecule has 0 saturated carbocycles. The molecule has 4 heterocycles. The first-order chi connectivity index (χ1) is 11.7. The Hall–Kier alpha value is -1.99. The van der Waals surface area contributed by atoms with E-state index in [0.29, 0.717) is 0 Å². The average Bonchev–Trinajstić information content (AvgIpc) is 3.27. The van der Waals surface area contributed by atoms with Gasteiger partial charge < -0.3 is 9.88 Å². The van der Waals surface area contributed by atoms with E-state index >= 15 is 0 Å². The van der Waals surface area contributed by atoms with Gasteiger partial charge in [-0.3, -0.25) is 4.68 Å². The van der Waals surface area contributed by atoms with E-state index in [0.717, 1.165) is 48.3 Å². The van der Waals surface area contributed by atoms with Crippen molar-refractivity contribution >= 4 is 11.3 Å². The molecule has 0 saturated heterocycles. The van der Waals surface area contributed by atoms with Crippen LogP contribution in [0.4, 0.5) is 0 Å². The van der Waals surface area contributed by atoms with Gasteiger partial charge in [0.25, 0.3) is 0 Å². The molecule has 0 bridgehead atoms. The smallest absolute Gasteiger partial charge is 0.161 e. The van der Waals surface area contributed by atoms with Crippen molar-refractivity contribution in [3.05, 3.63) is 39.7 Å². The number of fused-ring (bicyclic) bond motifs is 1. The van der Waals surface area contributed by atoms with Gasteiger partial charge in [-0.15, -0.1) is 11.3 Å². The third kappa shape index (κ3) is 2.57. The van der Waals surface area contributed by atoms with Gasteiger partial charge in [0.1, 0.15) is 10.7 Å². The number of nitrogens with zero attached hydrogens (tertiary/aromatic N) is 5. The molecular weight excluding hydrogens is 320 g/mol. The maximum atomic E-state index is 4.77. The van der Waals surface area contributed by atoms with Crippen LogP contribution in [0.2, 0.25) is 0 Å². The molecule has 0 amide bonds. The number of thiazole rings is 1. The van der Waals surface area contributed by atoms with Gasteiger partial charge in [-0.25, -0.2) is 9.97 Å². The molecule has 0 aliphatic carbocycles. The summed E-state index contributed by atoms with van der Waals surface area (Å²) in [5.41, 5.74) is 3.29. The molecule has 1 aliphatic heterocycles. The Kier molecular flexibility index (Phi) is 3.97. The van der Waals surface area contributed by atoms with Crippen LogP contribution >= 0.6 is 11.3 Å². The van der Waals surface area contributed by atoms with Crippen LogP contribution in [-0.2, 0) is 13.1 Å². The van der Waals surface area contributed by atoms with Crippen molar-refractivity contribution < 1.29 is 0 Å². The van der Waals surface area contributed by atoms with Crippen LogP contribution in [-0.4, -0.2) is 30.9 Å². The lowest BCUT2D eigenvalue weighted by Crippen LogP contribution is -2.28. The molecule has 3 aromatic rings. The Labute approximate surface area is 145 Å². The normalized spacial score (nSPS) is 15.5. The molecule has 126 valence electrons. The van der Waals surface area contributed by atoms with Gasteiger partial charge in [-0.2, -0.15) is 5.10 Å². The first kappa shape index (κ1) is 15.5. The third-order valence-corrected chi connectivity index (χ3v) is 5.79. The SMILES string of the molecule is CC[C@@H](c1nc(C)c(C)s1)n1ccnc1-c1cc2n(n1)CCNC2. The van der Waals surface area contributed by atoms with E-state index in [4.69, 9.17) is 10.1 Å². The predicted octanol–water partition coefficient (Wildman–Crippen LogP) is 2.92. The summed E-state index contributed by atoms with van der Waals surface area (Å²) in [5.74, 6) is 0.925. The third-order valence-electron chi connectivity index (χ3n) is 4.62. The number of imidazole rings is 1. The van der Waals surface area contributed by atoms with Gasteiger partial charge in [-0.05, 0) is 26.3 Å². The summed E-state index contributed by atoms with van der Waals surface area (Å²) in [6.07, 6.45) is 4.89. The molecule has 0 spiro atoms. The summed E-state index contributed by atoms with van der Waals surface area (Å²) in [4.78, 5) is 10.7. The number of aromatic nitrogens is 5. The van der Waals surface area contributed by atoms with Gasteiger partial charge in [0, 0.05) is 30.4 Å². The molecule has 0 radical (unpaired) electrons. The van der Waals surface area contributed by atoms with Gasteiger partial charge >= 0.3 is 0 Å². The highest BCUT2D eigenvalue weighted by Crippen LogP contribution is 2.31. The van der Waals surface area contributed by atoms with Crippen molar-refractivity contribution in [3.63, 3.8) is 0 Å². The van der Waals surface area contributed by atoms with E-state index in [2.05, 4.69) is 46.4 Å². The fraction of sp³-hybridized carbons (Fsp3) is 0.471. The second-order valence-corrected chi connectivity index (χ2v) is 7.43. The summed E-state index contributed by atoms with van der Waals surface area (Å²) in [6.45, 7) is 9.16. The first-order valence-electron chi connectivity index (χ1n) is 8.42. The van der Waals surface area contributed by atoms with Crippen molar-refractivity contribution in [2.45, 2.75) is 46.3 Å². The van der Waals surface area contributed by atoms with Crippen molar-refractivity contribution in [1.82, 2.24) is 29.6 Å². The fourth-order valence-electron chi connectivity index (χ4n) is 3.20. The van der Waals surface area contributed by atoms with Crippen LogP contribution in [0.3, 0.4) is 0 Å². The topological polar surface area (TPSA) is 60.6 Å². The van der Waals surface area contributed by atoms with E-state index < -0.39 is 0 Å². The zero-order valence-corrected chi connectivity index (χ0v) is 15.1. The van der Waals surface area contributed by atoms with Crippen LogP contribution in [0.25, 0.3) is 11.5 Å². The first-order valence-corrected chi connectivity index (χ1v) is 9.23. The van der Waals surface area contributed by atoms with Gasteiger partial charge in [0.15, 0.2) is 5.82 Å². The zero-order valence-electron chi connectivity index (χ0n) is 14.3. The lowest BCUT2D eigenvalue weighted by Gasteiger charge is -2.16. The highest BCUT2D eigenvalue weighted by molar-refractivity contribution is 7.11. The number of rotatable bonds is 4. The molecule has 24 heavy (non-hydrogen) atoms. The number of hydrogen-bond acceptors (Lipinski definition) is 5. The Morgan fingerprint density at radius 3 is 2.96 bits per heavy atom. The van der Waals surface area contributed by atoms with E-state index in [-0.39, 0.29) is 6.04 Å². The summed E-state index contributed by atoms with van der Waals surface area (Å²) in [6, 6.07) is 2.35. The molecule has 0 fully saturated rings. The highest BCUT2D eigenvalue weighted by Gasteiger charge is 2.22. The number of nitrogens with one attached hydrogen (secondary N) is 1. The van der Waals surface area contributed by atoms with E-state index in [1.165, 1.54) is 10.6 Å². The summed E-state index contributed by atoms with van der Waals surface area (Å²) >= 11 is 1.78. The zero-order chi connectivity index (χ0) is 16.7. The second-order valence-electron chi connectivity index (χ2n) is 6.20. The molecule has 1 aliphatic rings. The highest BCUT2D eigenvalue weighted by atomic mass is 32.1. The standard InChI is InChI=1S/C17H22N6S/c1-4-15(17-20-11(2)12(3)24-17)22-7-6-19-16(22)14-9-13-10-18-5-8-23(13)21-14/h6-7,9,15,18H,4-5,8,10H2,1-3H3/t15-/m0/s1. The van der Waals surface area contributed by atoms with E-state index in [9.17, 15) is 0 Å². The largest absolute Gasteiger partial charge is 0.320 e. The summed E-state index contributed by atoms with van der Waals surface area (Å²) in [7, 11) is 0. The summed E-state index contributed by atoms with van der Waals surface area (Å²) < 4.78 is 4.31.